The van der Waals surface area contributed by atoms with Crippen molar-refractivity contribution in [3.05, 3.63) is 51.1 Å². The van der Waals surface area contributed by atoms with E-state index in [1.54, 1.807) is 11.3 Å². The number of hydrazine groups is 1. The standard InChI is InChI=1S/C13H15BrN4S/c1-18(8-10-7-12(14)19-9-10)13(17-15)16-11-5-3-2-4-6-11/h2-7,9H,8,15H2,1H3,(H,16,17). The molecule has 0 atom stereocenters. The summed E-state index contributed by atoms with van der Waals surface area (Å²) in [7, 11) is 1.95. The number of nitrogens with one attached hydrogen (secondary N) is 1. The molecule has 0 radical (unpaired) electrons. The van der Waals surface area contributed by atoms with Gasteiger partial charge in [-0.2, -0.15) is 0 Å². The highest BCUT2D eigenvalue weighted by Gasteiger charge is 2.07. The molecule has 100 valence electrons. The second-order valence-corrected chi connectivity index (χ2v) is 6.32. The van der Waals surface area contributed by atoms with Crippen LogP contribution in [-0.2, 0) is 6.54 Å². The Morgan fingerprint density at radius 3 is 2.74 bits per heavy atom. The molecule has 2 aromatic rings. The normalized spacial score (nSPS) is 11.4. The number of halogens is 1. The van der Waals surface area contributed by atoms with Gasteiger partial charge in [-0.25, -0.2) is 10.8 Å². The van der Waals surface area contributed by atoms with E-state index in [4.69, 9.17) is 5.84 Å². The zero-order valence-corrected chi connectivity index (χ0v) is 12.9. The third kappa shape index (κ3) is 4.05. The maximum atomic E-state index is 5.55. The number of guanidine groups is 1. The highest BCUT2D eigenvalue weighted by Crippen LogP contribution is 2.21. The maximum Gasteiger partial charge on any atom is 0.213 e. The Hall–Kier alpha value is -1.37. The van der Waals surface area contributed by atoms with Gasteiger partial charge in [0.1, 0.15) is 0 Å². The van der Waals surface area contributed by atoms with E-state index in [9.17, 15) is 0 Å². The maximum absolute atomic E-state index is 5.55. The van der Waals surface area contributed by atoms with Crippen LogP contribution in [0.1, 0.15) is 5.56 Å². The molecule has 3 N–H and O–H groups in total. The van der Waals surface area contributed by atoms with Gasteiger partial charge in [0.05, 0.1) is 9.47 Å². The average molecular weight is 339 g/mol. The zero-order chi connectivity index (χ0) is 13.7. The van der Waals surface area contributed by atoms with Crippen LogP contribution in [0.4, 0.5) is 5.69 Å². The summed E-state index contributed by atoms with van der Waals surface area (Å²) in [5.74, 6) is 6.18. The minimum Gasteiger partial charge on any atom is -0.340 e. The number of nitrogens with zero attached hydrogens (tertiary/aromatic N) is 2. The summed E-state index contributed by atoms with van der Waals surface area (Å²) in [6.45, 7) is 0.748. The van der Waals surface area contributed by atoms with Gasteiger partial charge in [-0.1, -0.05) is 18.2 Å². The first kappa shape index (κ1) is 14.0. The number of aliphatic imine (C=N–C) groups is 1. The predicted molar refractivity (Wildman–Crippen MR) is 84.3 cm³/mol. The minimum atomic E-state index is 0.633. The van der Waals surface area contributed by atoms with Crippen molar-refractivity contribution in [1.82, 2.24) is 10.3 Å². The van der Waals surface area contributed by atoms with E-state index in [0.717, 1.165) is 16.0 Å². The Balaban J connectivity index is 2.11. The monoisotopic (exact) mass is 338 g/mol. The first-order valence-corrected chi connectivity index (χ1v) is 7.40. The smallest absolute Gasteiger partial charge is 0.213 e. The first-order valence-electron chi connectivity index (χ1n) is 5.73. The number of hydrogen-bond donors (Lipinski definition) is 2. The fraction of sp³-hybridized carbons (Fsp3) is 0.154. The molecule has 1 aromatic heterocycles. The molecule has 0 saturated heterocycles. The van der Waals surface area contributed by atoms with Crippen molar-refractivity contribution in [2.24, 2.45) is 10.8 Å². The molecule has 0 fully saturated rings. The van der Waals surface area contributed by atoms with Crippen molar-refractivity contribution in [2.75, 3.05) is 7.05 Å². The van der Waals surface area contributed by atoms with E-state index in [2.05, 4.69) is 37.8 Å². The van der Waals surface area contributed by atoms with Gasteiger partial charge < -0.3 is 4.90 Å². The third-order valence-electron chi connectivity index (χ3n) is 2.52. The number of benzene rings is 1. The Morgan fingerprint density at radius 1 is 1.42 bits per heavy atom. The lowest BCUT2D eigenvalue weighted by atomic mass is 10.3. The summed E-state index contributed by atoms with van der Waals surface area (Å²) in [6.07, 6.45) is 0. The molecule has 0 bridgehead atoms. The van der Waals surface area contributed by atoms with Crippen LogP contribution in [0.5, 0.6) is 0 Å². The van der Waals surface area contributed by atoms with E-state index in [-0.39, 0.29) is 0 Å². The summed E-state index contributed by atoms with van der Waals surface area (Å²) in [5, 5.41) is 2.11. The van der Waals surface area contributed by atoms with E-state index >= 15 is 0 Å². The molecule has 2 rings (SSSR count). The van der Waals surface area contributed by atoms with E-state index in [1.807, 2.05) is 42.3 Å². The fourth-order valence-electron chi connectivity index (χ4n) is 1.63. The Bertz CT molecular complexity index is 553. The molecule has 0 amide bonds. The van der Waals surface area contributed by atoms with Crippen LogP contribution in [0.2, 0.25) is 0 Å². The summed E-state index contributed by atoms with van der Waals surface area (Å²) in [5.41, 5.74) is 4.73. The van der Waals surface area contributed by atoms with Crippen LogP contribution in [0, 0.1) is 0 Å². The molecular formula is C13H15BrN4S. The molecule has 1 heterocycles. The van der Waals surface area contributed by atoms with Gasteiger partial charge in [0.25, 0.3) is 0 Å². The first-order chi connectivity index (χ1) is 9.19. The number of nitrogens with two attached hydrogens (primary N) is 1. The van der Waals surface area contributed by atoms with Crippen LogP contribution in [0.3, 0.4) is 0 Å². The van der Waals surface area contributed by atoms with Crippen molar-refractivity contribution in [3.63, 3.8) is 0 Å². The van der Waals surface area contributed by atoms with Gasteiger partial charge >= 0.3 is 0 Å². The van der Waals surface area contributed by atoms with Gasteiger partial charge in [0, 0.05) is 13.6 Å². The molecular weight excluding hydrogens is 324 g/mol. The minimum absolute atomic E-state index is 0.633. The molecule has 0 aliphatic carbocycles. The number of rotatable bonds is 3. The van der Waals surface area contributed by atoms with Crippen LogP contribution >= 0.6 is 27.3 Å². The molecule has 4 nitrogen and oxygen atoms in total. The Labute approximate surface area is 125 Å². The summed E-state index contributed by atoms with van der Waals surface area (Å²) < 4.78 is 1.12. The molecule has 0 unspecified atom stereocenters. The third-order valence-corrected chi connectivity index (χ3v) is 4.08. The van der Waals surface area contributed by atoms with E-state index < -0.39 is 0 Å². The lowest BCUT2D eigenvalue weighted by Gasteiger charge is -2.19. The van der Waals surface area contributed by atoms with Gasteiger partial charge in [-0.3, -0.25) is 5.43 Å². The second-order valence-electron chi connectivity index (χ2n) is 4.03. The summed E-state index contributed by atoms with van der Waals surface area (Å²) >= 11 is 5.13. The van der Waals surface area contributed by atoms with Gasteiger partial charge in [-0.05, 0) is 45.1 Å². The van der Waals surface area contributed by atoms with Gasteiger partial charge in [-0.15, -0.1) is 11.3 Å². The largest absolute Gasteiger partial charge is 0.340 e. The second kappa shape index (κ2) is 6.70. The Morgan fingerprint density at radius 2 is 2.16 bits per heavy atom. The molecule has 19 heavy (non-hydrogen) atoms. The van der Waals surface area contributed by atoms with E-state index in [1.165, 1.54) is 5.56 Å². The topological polar surface area (TPSA) is 53.6 Å². The lowest BCUT2D eigenvalue weighted by Crippen LogP contribution is -2.42. The summed E-state index contributed by atoms with van der Waals surface area (Å²) in [6, 6.07) is 11.8. The Kier molecular flexibility index (Phi) is 4.95. The summed E-state index contributed by atoms with van der Waals surface area (Å²) in [4.78, 5) is 6.45. The van der Waals surface area contributed by atoms with Crippen molar-refractivity contribution in [3.8, 4) is 0 Å². The van der Waals surface area contributed by atoms with Crippen molar-refractivity contribution in [1.29, 1.82) is 0 Å². The van der Waals surface area contributed by atoms with Crippen molar-refractivity contribution in [2.45, 2.75) is 6.54 Å². The van der Waals surface area contributed by atoms with Crippen LogP contribution in [0.25, 0.3) is 0 Å². The molecule has 0 aliphatic rings. The number of para-hydroxylation sites is 1. The SMILES string of the molecule is CN(Cc1csc(Br)c1)C(=Nc1ccccc1)NN. The predicted octanol–water partition coefficient (Wildman–Crippen LogP) is 3.09. The number of hydrogen-bond acceptors (Lipinski definition) is 3. The molecule has 6 heteroatoms. The fourth-order valence-corrected chi connectivity index (χ4v) is 2.83. The molecule has 0 saturated carbocycles. The highest BCUT2D eigenvalue weighted by atomic mass is 79.9. The van der Waals surface area contributed by atoms with Crippen molar-refractivity contribution >= 4 is 38.9 Å². The molecule has 1 aromatic carbocycles. The van der Waals surface area contributed by atoms with Gasteiger partial charge in [0.15, 0.2) is 0 Å². The molecule has 0 spiro atoms. The number of thiophene rings is 1. The lowest BCUT2D eigenvalue weighted by molar-refractivity contribution is 0.481. The van der Waals surface area contributed by atoms with Crippen molar-refractivity contribution < 1.29 is 0 Å². The zero-order valence-electron chi connectivity index (χ0n) is 10.5. The quantitative estimate of drug-likeness (QED) is 0.391. The highest BCUT2D eigenvalue weighted by molar-refractivity contribution is 9.11. The van der Waals surface area contributed by atoms with Crippen LogP contribution < -0.4 is 11.3 Å². The average Bonchev–Trinajstić information content (AvgIpc) is 2.82. The van der Waals surface area contributed by atoms with E-state index in [0.29, 0.717) is 5.96 Å². The molecule has 0 aliphatic heterocycles. The van der Waals surface area contributed by atoms with Crippen LogP contribution in [0.15, 0.2) is 50.6 Å². The van der Waals surface area contributed by atoms with Crippen LogP contribution in [-0.4, -0.2) is 17.9 Å². The van der Waals surface area contributed by atoms with Gasteiger partial charge in [0.2, 0.25) is 5.96 Å².